The minimum atomic E-state index is -0.661. The number of amides is 2. The van der Waals surface area contributed by atoms with Gasteiger partial charge in [0.15, 0.2) is 0 Å². The molecule has 6 nitrogen and oxygen atoms in total. The van der Waals surface area contributed by atoms with E-state index in [-0.39, 0.29) is 23.8 Å². The molecule has 1 aliphatic heterocycles. The van der Waals surface area contributed by atoms with Crippen molar-refractivity contribution in [1.29, 1.82) is 0 Å². The first kappa shape index (κ1) is 21.8. The summed E-state index contributed by atoms with van der Waals surface area (Å²) in [6.45, 7) is 7.91. The van der Waals surface area contributed by atoms with Crippen molar-refractivity contribution < 1.29 is 9.59 Å². The number of hydrogen-bond donors (Lipinski definition) is 4. The van der Waals surface area contributed by atoms with Crippen molar-refractivity contribution in [3.8, 4) is 0 Å². The molecule has 1 fully saturated rings. The van der Waals surface area contributed by atoms with Gasteiger partial charge in [-0.05, 0) is 82.6 Å². The van der Waals surface area contributed by atoms with Gasteiger partial charge in [0.2, 0.25) is 11.8 Å². The van der Waals surface area contributed by atoms with Crippen LogP contribution in [0.15, 0.2) is 18.3 Å². The molecule has 0 saturated carbocycles. The standard InChI is InChI=1S/C20H26I2N4O2/c1-5-10(2)17-19(28)24-15(18(27)26-20(3,4)25-17)6-11-9-23-14-8-12(21)7-13(22)16(11)14/h7-10,15,17,23,25H,5-6H2,1-4H3,(H,24,28)(H,26,27)/t10-,15+,17+/m0/s1. The van der Waals surface area contributed by atoms with E-state index >= 15 is 0 Å². The summed E-state index contributed by atoms with van der Waals surface area (Å²) in [6, 6.07) is 3.23. The Morgan fingerprint density at radius 2 is 1.89 bits per heavy atom. The molecule has 4 N–H and O–H groups in total. The van der Waals surface area contributed by atoms with Crippen LogP contribution in [-0.2, 0) is 16.0 Å². The van der Waals surface area contributed by atoms with Gasteiger partial charge >= 0.3 is 0 Å². The first-order chi connectivity index (χ1) is 13.1. The summed E-state index contributed by atoms with van der Waals surface area (Å²) in [7, 11) is 0. The van der Waals surface area contributed by atoms with Crippen molar-refractivity contribution in [2.75, 3.05) is 0 Å². The molecule has 0 aliphatic carbocycles. The number of halogens is 2. The molecular weight excluding hydrogens is 582 g/mol. The molecule has 2 heterocycles. The largest absolute Gasteiger partial charge is 0.361 e. The van der Waals surface area contributed by atoms with Gasteiger partial charge in [0.05, 0.1) is 11.7 Å². The van der Waals surface area contributed by atoms with Gasteiger partial charge in [-0.3, -0.25) is 14.9 Å². The van der Waals surface area contributed by atoms with Crippen LogP contribution in [0.2, 0.25) is 0 Å². The van der Waals surface area contributed by atoms with Gasteiger partial charge in [-0.2, -0.15) is 0 Å². The maximum Gasteiger partial charge on any atom is 0.244 e. The number of aromatic nitrogens is 1. The SMILES string of the molecule is CC[C@H](C)[C@H]1NC(C)(C)NC(=O)[C@@H](Cc2c[nH]c3cc(I)cc(I)c23)NC1=O. The number of aromatic amines is 1. The van der Waals surface area contributed by atoms with Gasteiger partial charge in [0.25, 0.3) is 0 Å². The van der Waals surface area contributed by atoms with E-state index in [9.17, 15) is 9.59 Å². The second-order valence-corrected chi connectivity index (χ2v) is 10.4. The van der Waals surface area contributed by atoms with E-state index < -0.39 is 11.7 Å². The molecule has 2 amide bonds. The van der Waals surface area contributed by atoms with E-state index in [2.05, 4.69) is 92.1 Å². The highest BCUT2D eigenvalue weighted by Crippen LogP contribution is 2.28. The molecule has 2 aromatic rings. The Balaban J connectivity index is 1.92. The molecule has 0 bridgehead atoms. The monoisotopic (exact) mass is 608 g/mol. The number of carbonyl (C=O) groups is 2. The molecular formula is C20H26I2N4O2. The van der Waals surface area contributed by atoms with Gasteiger partial charge in [-0.1, -0.05) is 20.3 Å². The molecule has 3 atom stereocenters. The predicted molar refractivity (Wildman–Crippen MR) is 128 cm³/mol. The molecule has 3 rings (SSSR count). The average molecular weight is 608 g/mol. The quantitative estimate of drug-likeness (QED) is 0.403. The lowest BCUT2D eigenvalue weighted by Crippen LogP contribution is -2.69. The zero-order chi connectivity index (χ0) is 20.6. The Hall–Kier alpha value is -0.880. The Labute approximate surface area is 192 Å². The lowest BCUT2D eigenvalue weighted by atomic mass is 9.94. The van der Waals surface area contributed by atoms with Crippen LogP contribution < -0.4 is 16.0 Å². The lowest BCUT2D eigenvalue weighted by molar-refractivity contribution is -0.135. The topological polar surface area (TPSA) is 86.0 Å². The fourth-order valence-corrected chi connectivity index (χ4v) is 5.82. The summed E-state index contributed by atoms with van der Waals surface area (Å²) in [5, 5.41) is 10.4. The van der Waals surface area contributed by atoms with Crippen LogP contribution in [0.1, 0.15) is 39.7 Å². The highest BCUT2D eigenvalue weighted by Gasteiger charge is 2.37. The fourth-order valence-electron chi connectivity index (χ4n) is 3.62. The van der Waals surface area contributed by atoms with Gasteiger partial charge < -0.3 is 15.6 Å². The minimum Gasteiger partial charge on any atom is -0.361 e. The highest BCUT2D eigenvalue weighted by molar-refractivity contribution is 14.1. The Morgan fingerprint density at radius 1 is 1.18 bits per heavy atom. The summed E-state index contributed by atoms with van der Waals surface area (Å²) < 4.78 is 2.29. The molecule has 1 aromatic heterocycles. The number of benzene rings is 1. The summed E-state index contributed by atoms with van der Waals surface area (Å²) in [4.78, 5) is 29.1. The van der Waals surface area contributed by atoms with Gasteiger partial charge in [0.1, 0.15) is 6.04 Å². The van der Waals surface area contributed by atoms with Crippen LogP contribution >= 0.6 is 45.2 Å². The van der Waals surface area contributed by atoms with Crippen molar-refractivity contribution in [2.45, 2.75) is 58.3 Å². The normalized spacial score (nSPS) is 23.6. The van der Waals surface area contributed by atoms with Crippen molar-refractivity contribution in [3.63, 3.8) is 0 Å². The molecule has 0 unspecified atom stereocenters. The Morgan fingerprint density at radius 3 is 2.57 bits per heavy atom. The Kier molecular flexibility index (Phi) is 6.60. The second-order valence-electron chi connectivity index (χ2n) is 8.01. The van der Waals surface area contributed by atoms with Gasteiger partial charge in [-0.25, -0.2) is 0 Å². The number of H-pyrrole nitrogens is 1. The zero-order valence-electron chi connectivity index (χ0n) is 16.5. The molecule has 0 spiro atoms. The summed E-state index contributed by atoms with van der Waals surface area (Å²) in [5.74, 6) is -0.138. The van der Waals surface area contributed by atoms with E-state index in [4.69, 9.17) is 0 Å². The summed E-state index contributed by atoms with van der Waals surface area (Å²) in [6.07, 6.45) is 3.26. The first-order valence-electron chi connectivity index (χ1n) is 9.46. The maximum atomic E-state index is 13.0. The number of rotatable bonds is 4. The smallest absolute Gasteiger partial charge is 0.244 e. The number of fused-ring (bicyclic) bond motifs is 1. The lowest BCUT2D eigenvalue weighted by Gasteiger charge is -2.39. The van der Waals surface area contributed by atoms with E-state index in [0.717, 1.165) is 30.0 Å². The predicted octanol–water partition coefficient (Wildman–Crippen LogP) is 3.27. The number of carbonyl (C=O) groups excluding carboxylic acids is 2. The molecule has 1 aliphatic rings. The van der Waals surface area contributed by atoms with E-state index in [1.54, 1.807) is 0 Å². The molecule has 0 radical (unpaired) electrons. The van der Waals surface area contributed by atoms with E-state index in [0.29, 0.717) is 6.42 Å². The minimum absolute atomic E-state index is 0.119. The maximum absolute atomic E-state index is 13.0. The average Bonchev–Trinajstić information content (AvgIpc) is 3.00. The van der Waals surface area contributed by atoms with E-state index in [1.807, 2.05) is 20.0 Å². The zero-order valence-corrected chi connectivity index (χ0v) is 20.8. The highest BCUT2D eigenvalue weighted by atomic mass is 127. The first-order valence-corrected chi connectivity index (χ1v) is 11.6. The second kappa shape index (κ2) is 8.47. The van der Waals surface area contributed by atoms with Crippen LogP contribution in [-0.4, -0.2) is 34.5 Å². The van der Waals surface area contributed by atoms with Gasteiger partial charge in [-0.15, -0.1) is 0 Å². The number of nitrogens with one attached hydrogen (secondary N) is 4. The molecule has 28 heavy (non-hydrogen) atoms. The van der Waals surface area contributed by atoms with Crippen LogP contribution in [0.3, 0.4) is 0 Å². The third-order valence-corrected chi connectivity index (χ3v) is 6.76. The third-order valence-electron chi connectivity index (χ3n) is 5.28. The van der Waals surface area contributed by atoms with Crippen LogP contribution in [0.5, 0.6) is 0 Å². The summed E-state index contributed by atoms with van der Waals surface area (Å²) in [5.41, 5.74) is 1.41. The van der Waals surface area contributed by atoms with Crippen LogP contribution in [0, 0.1) is 13.1 Å². The van der Waals surface area contributed by atoms with Crippen molar-refractivity contribution in [3.05, 3.63) is 31.0 Å². The van der Waals surface area contributed by atoms with Crippen molar-refractivity contribution in [2.24, 2.45) is 5.92 Å². The Bertz CT molecular complexity index is 909. The molecule has 1 aromatic carbocycles. The fraction of sp³-hybridized carbons (Fsp3) is 0.500. The van der Waals surface area contributed by atoms with Crippen molar-refractivity contribution in [1.82, 2.24) is 20.9 Å². The molecule has 1 saturated heterocycles. The van der Waals surface area contributed by atoms with Crippen LogP contribution in [0.25, 0.3) is 10.9 Å². The summed E-state index contributed by atoms with van der Waals surface area (Å²) >= 11 is 4.62. The van der Waals surface area contributed by atoms with Gasteiger partial charge in [0, 0.05) is 30.7 Å². The molecule has 152 valence electrons. The third kappa shape index (κ3) is 4.64. The molecule has 8 heteroatoms. The van der Waals surface area contributed by atoms with E-state index in [1.165, 1.54) is 0 Å². The van der Waals surface area contributed by atoms with Crippen molar-refractivity contribution >= 4 is 67.9 Å². The van der Waals surface area contributed by atoms with Crippen LogP contribution in [0.4, 0.5) is 0 Å². The number of hydrogen-bond acceptors (Lipinski definition) is 3.